The number of nitrogens with zero attached hydrogens (tertiary/aromatic N) is 3. The summed E-state index contributed by atoms with van der Waals surface area (Å²) in [7, 11) is 1.13. The van der Waals surface area contributed by atoms with Crippen LogP contribution in [0, 0.1) is 0 Å². The molecule has 10 heteroatoms. The van der Waals surface area contributed by atoms with Gasteiger partial charge in [0, 0.05) is 6.54 Å². The number of carboxylic acid groups (broad SMARTS) is 1. The van der Waals surface area contributed by atoms with Gasteiger partial charge in [0.1, 0.15) is 12.6 Å². The second kappa shape index (κ2) is 7.19. The Labute approximate surface area is 113 Å². The molecule has 1 aromatic heterocycles. The molecule has 1 aromatic rings. The number of rotatable bonds is 7. The summed E-state index contributed by atoms with van der Waals surface area (Å²) in [4.78, 5) is 33.6. The van der Waals surface area contributed by atoms with E-state index in [4.69, 9.17) is 10.8 Å². The van der Waals surface area contributed by atoms with Crippen molar-refractivity contribution in [3.63, 3.8) is 0 Å². The number of carbonyl (C=O) groups excluding carboxylic acids is 2. The Hall–Kier alpha value is -2.49. The van der Waals surface area contributed by atoms with Crippen molar-refractivity contribution in [1.29, 1.82) is 0 Å². The molecule has 0 aliphatic carbocycles. The second-order valence-electron chi connectivity index (χ2n) is 3.85. The Balaban J connectivity index is 2.57. The highest BCUT2D eigenvalue weighted by Gasteiger charge is 2.23. The first-order valence-corrected chi connectivity index (χ1v) is 5.64. The van der Waals surface area contributed by atoms with Crippen LogP contribution in [0.5, 0.6) is 0 Å². The first-order valence-electron chi connectivity index (χ1n) is 5.64. The number of nitrogens with two attached hydrogens (primary N) is 1. The maximum atomic E-state index is 11.6. The molecular formula is C10H15N5O5. The number of hydrogen-bond donors (Lipinski definition) is 3. The summed E-state index contributed by atoms with van der Waals surface area (Å²) in [5.74, 6) is -2.68. The van der Waals surface area contributed by atoms with Crippen LogP contribution in [0.15, 0.2) is 6.20 Å². The third-order valence-electron chi connectivity index (χ3n) is 2.33. The monoisotopic (exact) mass is 285 g/mol. The highest BCUT2D eigenvalue weighted by Crippen LogP contribution is 1.97. The summed E-state index contributed by atoms with van der Waals surface area (Å²) in [6.45, 7) is -0.0420. The Morgan fingerprint density at radius 3 is 2.75 bits per heavy atom. The lowest BCUT2D eigenvalue weighted by Crippen LogP contribution is -2.43. The van der Waals surface area contributed by atoms with E-state index in [1.807, 2.05) is 0 Å². The predicted molar refractivity (Wildman–Crippen MR) is 64.1 cm³/mol. The molecule has 1 amide bonds. The van der Waals surface area contributed by atoms with E-state index in [0.29, 0.717) is 5.69 Å². The molecule has 10 nitrogen and oxygen atoms in total. The van der Waals surface area contributed by atoms with Crippen LogP contribution in [-0.4, -0.2) is 51.1 Å². The molecule has 1 heterocycles. The van der Waals surface area contributed by atoms with Crippen LogP contribution >= 0.6 is 0 Å². The molecule has 0 unspecified atom stereocenters. The standard InChI is InChI=1S/C10H15N5O5/c1-20-9(17)2-7(10(18)19)12-8(16)5-15-4-6(3-11)13-14-15/h4,7H,2-3,5,11H2,1H3,(H,12,16)(H,18,19)/t7-/m0/s1. The minimum atomic E-state index is -1.35. The number of methoxy groups -OCH3 is 1. The summed E-state index contributed by atoms with van der Waals surface area (Å²) in [6.07, 6.45) is 1.01. The molecular weight excluding hydrogens is 270 g/mol. The fourth-order valence-electron chi connectivity index (χ4n) is 1.35. The molecule has 0 saturated heterocycles. The van der Waals surface area contributed by atoms with Crippen LogP contribution in [0.3, 0.4) is 0 Å². The van der Waals surface area contributed by atoms with Gasteiger partial charge in [0.05, 0.1) is 25.4 Å². The van der Waals surface area contributed by atoms with Crippen LogP contribution in [-0.2, 0) is 32.2 Å². The summed E-state index contributed by atoms with van der Waals surface area (Å²) < 4.78 is 5.57. The Bertz CT molecular complexity index is 500. The van der Waals surface area contributed by atoms with Crippen molar-refractivity contribution >= 4 is 17.8 Å². The van der Waals surface area contributed by atoms with Gasteiger partial charge in [-0.25, -0.2) is 9.48 Å². The smallest absolute Gasteiger partial charge is 0.326 e. The summed E-state index contributed by atoms with van der Waals surface area (Å²) >= 11 is 0. The molecule has 0 aromatic carbocycles. The van der Waals surface area contributed by atoms with Crippen molar-refractivity contribution in [2.75, 3.05) is 7.11 Å². The van der Waals surface area contributed by atoms with Crippen LogP contribution in [0.4, 0.5) is 0 Å². The molecule has 20 heavy (non-hydrogen) atoms. The fraction of sp³-hybridized carbons (Fsp3) is 0.500. The van der Waals surface area contributed by atoms with Gasteiger partial charge in [-0.15, -0.1) is 5.10 Å². The maximum absolute atomic E-state index is 11.6. The number of aliphatic carboxylic acids is 1. The van der Waals surface area contributed by atoms with E-state index in [0.717, 1.165) is 7.11 Å². The number of aromatic nitrogens is 3. The normalized spacial score (nSPS) is 11.7. The number of amides is 1. The number of carboxylic acids is 1. The quantitative estimate of drug-likeness (QED) is 0.481. The molecule has 0 saturated carbocycles. The highest BCUT2D eigenvalue weighted by atomic mass is 16.5. The van der Waals surface area contributed by atoms with E-state index in [2.05, 4.69) is 20.4 Å². The zero-order valence-electron chi connectivity index (χ0n) is 10.8. The van der Waals surface area contributed by atoms with Crippen LogP contribution in [0.25, 0.3) is 0 Å². The van der Waals surface area contributed by atoms with E-state index in [1.54, 1.807) is 0 Å². The largest absolute Gasteiger partial charge is 0.480 e. The lowest BCUT2D eigenvalue weighted by atomic mass is 10.2. The van der Waals surface area contributed by atoms with E-state index in [1.165, 1.54) is 10.9 Å². The van der Waals surface area contributed by atoms with E-state index in [9.17, 15) is 14.4 Å². The van der Waals surface area contributed by atoms with Gasteiger partial charge in [-0.3, -0.25) is 9.59 Å². The van der Waals surface area contributed by atoms with Crippen molar-refractivity contribution in [1.82, 2.24) is 20.3 Å². The maximum Gasteiger partial charge on any atom is 0.326 e. The number of hydrogen-bond acceptors (Lipinski definition) is 7. The molecule has 1 atom stereocenters. The predicted octanol–water partition coefficient (Wildman–Crippen LogP) is -2.13. The zero-order valence-corrected chi connectivity index (χ0v) is 10.8. The Morgan fingerprint density at radius 2 is 2.25 bits per heavy atom. The number of ether oxygens (including phenoxy) is 1. The number of carbonyl (C=O) groups is 3. The Kier molecular flexibility index (Phi) is 5.59. The van der Waals surface area contributed by atoms with Gasteiger partial charge >= 0.3 is 11.9 Å². The van der Waals surface area contributed by atoms with Gasteiger partial charge in [-0.1, -0.05) is 5.21 Å². The highest BCUT2D eigenvalue weighted by molar-refractivity contribution is 5.87. The van der Waals surface area contributed by atoms with E-state index in [-0.39, 0.29) is 13.1 Å². The molecule has 1 rings (SSSR count). The van der Waals surface area contributed by atoms with Crippen molar-refractivity contribution in [2.24, 2.45) is 5.73 Å². The van der Waals surface area contributed by atoms with Gasteiger partial charge in [-0.2, -0.15) is 0 Å². The molecule has 4 N–H and O–H groups in total. The van der Waals surface area contributed by atoms with Gasteiger partial charge in [0.2, 0.25) is 5.91 Å². The molecule has 0 aliphatic heterocycles. The summed E-state index contributed by atoms with van der Waals surface area (Å²) in [5, 5.41) is 18.4. The SMILES string of the molecule is COC(=O)C[C@H](NC(=O)Cn1cc(CN)nn1)C(=O)O. The lowest BCUT2D eigenvalue weighted by Gasteiger charge is -2.13. The number of nitrogens with one attached hydrogen (secondary N) is 1. The third kappa shape index (κ3) is 4.65. The van der Waals surface area contributed by atoms with Crippen molar-refractivity contribution < 1.29 is 24.2 Å². The van der Waals surface area contributed by atoms with Gasteiger partial charge in [-0.05, 0) is 0 Å². The first kappa shape index (κ1) is 15.6. The zero-order chi connectivity index (χ0) is 15.1. The third-order valence-corrected chi connectivity index (χ3v) is 2.33. The van der Waals surface area contributed by atoms with Crippen LogP contribution in [0.1, 0.15) is 12.1 Å². The van der Waals surface area contributed by atoms with Gasteiger partial charge in [0.25, 0.3) is 0 Å². The average molecular weight is 285 g/mol. The second-order valence-corrected chi connectivity index (χ2v) is 3.85. The topological polar surface area (TPSA) is 149 Å². The fourth-order valence-corrected chi connectivity index (χ4v) is 1.35. The van der Waals surface area contributed by atoms with E-state index >= 15 is 0 Å². The van der Waals surface area contributed by atoms with Gasteiger partial charge in [0.15, 0.2) is 0 Å². The Morgan fingerprint density at radius 1 is 1.55 bits per heavy atom. The minimum absolute atomic E-state index is 0.182. The minimum Gasteiger partial charge on any atom is -0.480 e. The van der Waals surface area contributed by atoms with Crippen molar-refractivity contribution in [3.8, 4) is 0 Å². The van der Waals surface area contributed by atoms with Gasteiger partial charge < -0.3 is 20.9 Å². The molecule has 0 spiro atoms. The molecule has 110 valence electrons. The van der Waals surface area contributed by atoms with Crippen molar-refractivity contribution in [2.45, 2.75) is 25.6 Å². The molecule has 0 radical (unpaired) electrons. The average Bonchev–Trinajstić information content (AvgIpc) is 2.85. The van der Waals surface area contributed by atoms with E-state index < -0.39 is 30.3 Å². The molecule has 0 bridgehead atoms. The molecule has 0 aliphatic rings. The number of esters is 1. The summed E-state index contributed by atoms with van der Waals surface area (Å²) in [6, 6.07) is -1.35. The molecule has 0 fully saturated rings. The lowest BCUT2D eigenvalue weighted by molar-refractivity contribution is -0.148. The van der Waals surface area contributed by atoms with Crippen molar-refractivity contribution in [3.05, 3.63) is 11.9 Å². The first-order chi connectivity index (χ1) is 9.46. The van der Waals surface area contributed by atoms with Crippen LogP contribution < -0.4 is 11.1 Å². The van der Waals surface area contributed by atoms with Crippen LogP contribution in [0.2, 0.25) is 0 Å². The summed E-state index contributed by atoms with van der Waals surface area (Å²) in [5.41, 5.74) is 5.84.